The Morgan fingerprint density at radius 1 is 1.35 bits per heavy atom. The number of carbonyl (C=O) groups is 1. The van der Waals surface area contributed by atoms with Gasteiger partial charge in [0.05, 0.1) is 6.04 Å². The summed E-state index contributed by atoms with van der Waals surface area (Å²) in [6.45, 7) is 6.58. The van der Waals surface area contributed by atoms with Crippen molar-refractivity contribution in [1.29, 1.82) is 0 Å². The monoisotopic (exact) mass is 240 g/mol. The van der Waals surface area contributed by atoms with Crippen LogP contribution in [0.2, 0.25) is 0 Å². The number of nitrogens with zero attached hydrogens (tertiary/aromatic N) is 1. The van der Waals surface area contributed by atoms with Gasteiger partial charge in [-0.05, 0) is 44.1 Å². The second kappa shape index (κ2) is 5.36. The molecule has 0 aromatic heterocycles. The zero-order chi connectivity index (χ0) is 12.4. The number of piperidine rings is 2. The van der Waals surface area contributed by atoms with E-state index in [0.717, 1.165) is 19.5 Å². The summed E-state index contributed by atoms with van der Waals surface area (Å²) in [5, 5.41) is 12.0. The van der Waals surface area contributed by atoms with Crippen molar-refractivity contribution in [3.63, 3.8) is 0 Å². The van der Waals surface area contributed by atoms with Crippen LogP contribution in [0.5, 0.6) is 0 Å². The van der Waals surface area contributed by atoms with E-state index in [4.69, 9.17) is 0 Å². The maximum absolute atomic E-state index is 11.9. The van der Waals surface area contributed by atoms with Crippen molar-refractivity contribution in [1.82, 2.24) is 10.2 Å². The van der Waals surface area contributed by atoms with Gasteiger partial charge in [-0.2, -0.15) is 0 Å². The number of rotatable bonds is 2. The number of hydrogen-bond donors (Lipinski definition) is 2. The lowest BCUT2D eigenvalue weighted by Gasteiger charge is -2.41. The molecular weight excluding hydrogens is 216 g/mol. The van der Waals surface area contributed by atoms with E-state index in [1.165, 1.54) is 12.8 Å². The first-order chi connectivity index (χ1) is 8.08. The topological polar surface area (TPSA) is 52.6 Å². The van der Waals surface area contributed by atoms with Crippen LogP contribution in [0, 0.1) is 11.8 Å². The number of nitrogens with one attached hydrogen (secondary N) is 1. The Hall–Kier alpha value is -0.610. The first-order valence-electron chi connectivity index (χ1n) is 6.80. The van der Waals surface area contributed by atoms with Crippen molar-refractivity contribution in [2.45, 2.75) is 51.8 Å². The number of aliphatic hydroxyl groups excluding tert-OH is 1. The Morgan fingerprint density at radius 2 is 2.12 bits per heavy atom. The summed E-state index contributed by atoms with van der Waals surface area (Å²) in [4.78, 5) is 14.2. The van der Waals surface area contributed by atoms with E-state index in [-0.39, 0.29) is 11.9 Å². The highest BCUT2D eigenvalue weighted by Crippen LogP contribution is 2.26. The minimum atomic E-state index is -0.635. The zero-order valence-corrected chi connectivity index (χ0v) is 10.9. The van der Waals surface area contributed by atoms with E-state index in [9.17, 15) is 9.90 Å². The lowest BCUT2D eigenvalue weighted by molar-refractivity contribution is -0.134. The van der Waals surface area contributed by atoms with Gasteiger partial charge in [-0.1, -0.05) is 13.8 Å². The summed E-state index contributed by atoms with van der Waals surface area (Å²) < 4.78 is 0. The van der Waals surface area contributed by atoms with Crippen LogP contribution in [-0.2, 0) is 4.79 Å². The van der Waals surface area contributed by atoms with Crippen LogP contribution >= 0.6 is 0 Å². The molecule has 2 aliphatic rings. The smallest absolute Gasteiger partial charge is 0.239 e. The minimum Gasteiger partial charge on any atom is -0.374 e. The molecule has 4 heteroatoms. The van der Waals surface area contributed by atoms with Crippen LogP contribution in [0.1, 0.15) is 39.5 Å². The Labute approximate surface area is 103 Å². The first kappa shape index (κ1) is 12.8. The van der Waals surface area contributed by atoms with Crippen molar-refractivity contribution in [2.24, 2.45) is 11.8 Å². The molecule has 0 aromatic carbocycles. The third-order valence-corrected chi connectivity index (χ3v) is 4.20. The number of carbonyl (C=O) groups excluding carboxylic acids is 1. The largest absolute Gasteiger partial charge is 0.374 e. The van der Waals surface area contributed by atoms with E-state index in [1.54, 1.807) is 0 Å². The molecule has 3 unspecified atom stereocenters. The summed E-state index contributed by atoms with van der Waals surface area (Å²) >= 11 is 0. The molecule has 98 valence electrons. The molecule has 17 heavy (non-hydrogen) atoms. The summed E-state index contributed by atoms with van der Waals surface area (Å²) in [5.74, 6) is 1.41. The molecular formula is C13H24N2O2. The predicted octanol–water partition coefficient (Wildman–Crippen LogP) is 0.951. The van der Waals surface area contributed by atoms with Gasteiger partial charge in [0, 0.05) is 6.54 Å². The van der Waals surface area contributed by atoms with E-state index in [0.29, 0.717) is 18.3 Å². The fraction of sp³-hybridized carbons (Fsp3) is 0.923. The normalized spacial score (nSPS) is 36.0. The van der Waals surface area contributed by atoms with E-state index >= 15 is 0 Å². The Kier molecular flexibility index (Phi) is 4.05. The highest BCUT2D eigenvalue weighted by atomic mass is 16.3. The fourth-order valence-electron chi connectivity index (χ4n) is 3.00. The van der Waals surface area contributed by atoms with Crippen LogP contribution < -0.4 is 5.32 Å². The maximum Gasteiger partial charge on any atom is 0.239 e. The van der Waals surface area contributed by atoms with Gasteiger partial charge in [0.1, 0.15) is 6.23 Å². The van der Waals surface area contributed by atoms with E-state index < -0.39 is 6.23 Å². The number of likely N-dealkylation sites (tertiary alicyclic amines) is 1. The van der Waals surface area contributed by atoms with E-state index in [1.807, 2.05) is 0 Å². The van der Waals surface area contributed by atoms with Crippen LogP contribution in [0.25, 0.3) is 0 Å². The van der Waals surface area contributed by atoms with Gasteiger partial charge in [0.25, 0.3) is 0 Å². The molecule has 4 nitrogen and oxygen atoms in total. The molecule has 0 saturated carbocycles. The Balaban J connectivity index is 1.95. The van der Waals surface area contributed by atoms with Crippen LogP contribution in [0.15, 0.2) is 0 Å². The number of aliphatic hydroxyl groups is 1. The average Bonchev–Trinajstić information content (AvgIpc) is 2.29. The molecule has 2 heterocycles. The van der Waals surface area contributed by atoms with Gasteiger partial charge < -0.3 is 10.4 Å². The third-order valence-electron chi connectivity index (χ3n) is 4.20. The molecule has 2 saturated heterocycles. The minimum absolute atomic E-state index is 0.00755. The zero-order valence-electron chi connectivity index (χ0n) is 10.9. The van der Waals surface area contributed by atoms with Gasteiger partial charge in [-0.25, -0.2) is 0 Å². The highest BCUT2D eigenvalue weighted by molar-refractivity contribution is 5.82. The Bertz CT molecular complexity index is 281. The fourth-order valence-corrected chi connectivity index (χ4v) is 3.00. The van der Waals surface area contributed by atoms with E-state index in [2.05, 4.69) is 24.1 Å². The molecule has 0 spiro atoms. The van der Waals surface area contributed by atoms with Gasteiger partial charge in [-0.15, -0.1) is 0 Å². The quantitative estimate of drug-likeness (QED) is 0.755. The van der Waals surface area contributed by atoms with Crippen molar-refractivity contribution >= 4 is 5.91 Å². The molecule has 2 fully saturated rings. The molecule has 0 bridgehead atoms. The SMILES string of the molecule is CC(C)C1CCCN(C2CCC(O)NC2=O)C1. The van der Waals surface area contributed by atoms with Gasteiger partial charge >= 0.3 is 0 Å². The summed E-state index contributed by atoms with van der Waals surface area (Å²) in [5.41, 5.74) is 0. The lowest BCUT2D eigenvalue weighted by atomic mass is 9.86. The summed E-state index contributed by atoms with van der Waals surface area (Å²) in [7, 11) is 0. The highest BCUT2D eigenvalue weighted by Gasteiger charge is 2.34. The predicted molar refractivity (Wildman–Crippen MR) is 66.3 cm³/mol. The van der Waals surface area contributed by atoms with Crippen LogP contribution in [-0.4, -0.2) is 41.3 Å². The second-order valence-corrected chi connectivity index (χ2v) is 5.76. The summed E-state index contributed by atoms with van der Waals surface area (Å²) in [6, 6.07) is -0.0139. The van der Waals surface area contributed by atoms with Gasteiger partial charge in [0.15, 0.2) is 0 Å². The van der Waals surface area contributed by atoms with Gasteiger partial charge in [-0.3, -0.25) is 9.69 Å². The standard InChI is InChI=1S/C13H24N2O2/c1-9(2)10-4-3-7-15(8-10)11-5-6-12(16)14-13(11)17/h9-12,16H,3-8H2,1-2H3,(H,14,17). The second-order valence-electron chi connectivity index (χ2n) is 5.76. The molecule has 0 aliphatic carbocycles. The van der Waals surface area contributed by atoms with Crippen molar-refractivity contribution < 1.29 is 9.90 Å². The third kappa shape index (κ3) is 2.99. The molecule has 3 atom stereocenters. The number of amides is 1. The van der Waals surface area contributed by atoms with Crippen molar-refractivity contribution in [3.8, 4) is 0 Å². The Morgan fingerprint density at radius 3 is 2.76 bits per heavy atom. The molecule has 0 radical (unpaired) electrons. The molecule has 2 rings (SSSR count). The van der Waals surface area contributed by atoms with Gasteiger partial charge in [0.2, 0.25) is 5.91 Å². The molecule has 2 aliphatic heterocycles. The van der Waals surface area contributed by atoms with Crippen molar-refractivity contribution in [3.05, 3.63) is 0 Å². The van der Waals surface area contributed by atoms with Crippen molar-refractivity contribution in [2.75, 3.05) is 13.1 Å². The summed E-state index contributed by atoms with van der Waals surface area (Å²) in [6.07, 6.45) is 3.31. The molecule has 0 aromatic rings. The molecule has 2 N–H and O–H groups in total. The van der Waals surface area contributed by atoms with Crippen LogP contribution in [0.4, 0.5) is 0 Å². The average molecular weight is 240 g/mol. The maximum atomic E-state index is 11.9. The lowest BCUT2D eigenvalue weighted by Crippen LogP contribution is -2.56. The first-order valence-corrected chi connectivity index (χ1v) is 6.80. The van der Waals surface area contributed by atoms with Crippen LogP contribution in [0.3, 0.4) is 0 Å². The number of hydrogen-bond acceptors (Lipinski definition) is 3. The molecule has 1 amide bonds.